The van der Waals surface area contributed by atoms with E-state index in [1.807, 2.05) is 30.3 Å². The third kappa shape index (κ3) is 4.05. The van der Waals surface area contributed by atoms with E-state index in [4.69, 9.17) is 0 Å². The van der Waals surface area contributed by atoms with Gasteiger partial charge in [-0.3, -0.25) is 14.4 Å². The van der Waals surface area contributed by atoms with Gasteiger partial charge in [-0.25, -0.2) is 0 Å². The summed E-state index contributed by atoms with van der Waals surface area (Å²) in [6.07, 6.45) is 0. The molecule has 0 saturated carbocycles. The Morgan fingerprint density at radius 2 is 1.57 bits per heavy atom. The molecule has 1 N–H and O–H groups in total. The van der Waals surface area contributed by atoms with Gasteiger partial charge in [0.05, 0.1) is 0 Å². The van der Waals surface area contributed by atoms with Crippen LogP contribution in [0.5, 0.6) is 0 Å². The van der Waals surface area contributed by atoms with E-state index in [1.165, 1.54) is 11.8 Å². The minimum absolute atomic E-state index is 0.00405. The number of rotatable bonds is 2. The number of amides is 3. The van der Waals surface area contributed by atoms with Gasteiger partial charge in [-0.1, -0.05) is 30.3 Å². The molecule has 6 nitrogen and oxygen atoms in total. The predicted octanol–water partition coefficient (Wildman–Crippen LogP) is -0.00650. The molecular formula is C15H19N3O3. The van der Waals surface area contributed by atoms with Crippen molar-refractivity contribution in [2.75, 3.05) is 26.2 Å². The summed E-state index contributed by atoms with van der Waals surface area (Å²) in [6.45, 7) is 3.59. The van der Waals surface area contributed by atoms with E-state index in [1.54, 1.807) is 4.90 Å². The summed E-state index contributed by atoms with van der Waals surface area (Å²) < 4.78 is 0. The molecule has 0 unspecified atom stereocenters. The molecule has 1 aromatic carbocycles. The molecule has 0 radical (unpaired) electrons. The zero-order valence-electron chi connectivity index (χ0n) is 12.0. The normalized spacial score (nSPS) is 14.7. The number of hydrogen-bond donors (Lipinski definition) is 1. The first-order valence-electron chi connectivity index (χ1n) is 6.94. The van der Waals surface area contributed by atoms with Crippen LogP contribution < -0.4 is 5.32 Å². The van der Waals surface area contributed by atoms with Crippen LogP contribution >= 0.6 is 0 Å². The van der Waals surface area contributed by atoms with Crippen molar-refractivity contribution in [2.45, 2.75) is 13.5 Å². The molecule has 6 heteroatoms. The maximum Gasteiger partial charge on any atom is 0.312 e. The molecule has 1 aliphatic heterocycles. The number of hydrogen-bond acceptors (Lipinski definition) is 3. The lowest BCUT2D eigenvalue weighted by atomic mass is 10.2. The molecule has 0 atom stereocenters. The van der Waals surface area contributed by atoms with E-state index >= 15 is 0 Å². The molecule has 0 bridgehead atoms. The summed E-state index contributed by atoms with van der Waals surface area (Å²) in [6, 6.07) is 9.42. The van der Waals surface area contributed by atoms with Gasteiger partial charge in [0.15, 0.2) is 0 Å². The Kier molecular flexibility index (Phi) is 4.92. The molecule has 1 fully saturated rings. The molecule has 0 spiro atoms. The van der Waals surface area contributed by atoms with Crippen molar-refractivity contribution in [3.63, 3.8) is 0 Å². The smallest absolute Gasteiger partial charge is 0.312 e. The molecule has 1 heterocycles. The Bertz CT molecular complexity index is 522. The van der Waals surface area contributed by atoms with E-state index in [0.29, 0.717) is 32.7 Å². The van der Waals surface area contributed by atoms with Gasteiger partial charge in [-0.2, -0.15) is 0 Å². The lowest BCUT2D eigenvalue weighted by Gasteiger charge is -2.33. The summed E-state index contributed by atoms with van der Waals surface area (Å²) in [5.74, 6) is -1.14. The molecule has 2 rings (SSSR count). The topological polar surface area (TPSA) is 69.7 Å². The van der Waals surface area contributed by atoms with Crippen molar-refractivity contribution in [1.29, 1.82) is 0 Å². The standard InChI is InChI=1S/C15H19N3O3/c1-12(19)17-7-9-18(10-8-17)15(21)14(20)16-11-13-5-3-2-4-6-13/h2-6H,7-11H2,1H3,(H,16,20). The highest BCUT2D eigenvalue weighted by atomic mass is 16.2. The molecule has 1 saturated heterocycles. The Morgan fingerprint density at radius 1 is 1.00 bits per heavy atom. The quantitative estimate of drug-likeness (QED) is 0.779. The maximum atomic E-state index is 12.0. The van der Waals surface area contributed by atoms with Gasteiger partial charge in [-0.05, 0) is 5.56 Å². The van der Waals surface area contributed by atoms with Crippen molar-refractivity contribution in [3.8, 4) is 0 Å². The second-order valence-corrected chi connectivity index (χ2v) is 4.97. The zero-order chi connectivity index (χ0) is 15.2. The Hall–Kier alpha value is -2.37. The summed E-state index contributed by atoms with van der Waals surface area (Å²) in [5.41, 5.74) is 0.944. The first-order valence-corrected chi connectivity index (χ1v) is 6.94. The van der Waals surface area contributed by atoms with Crippen LogP contribution in [-0.2, 0) is 20.9 Å². The summed E-state index contributed by atoms with van der Waals surface area (Å²) >= 11 is 0. The number of carbonyl (C=O) groups excluding carboxylic acids is 3. The van der Waals surface area contributed by atoms with Crippen molar-refractivity contribution in [1.82, 2.24) is 15.1 Å². The zero-order valence-corrected chi connectivity index (χ0v) is 12.0. The third-order valence-electron chi connectivity index (χ3n) is 3.50. The Morgan fingerprint density at radius 3 is 2.14 bits per heavy atom. The number of nitrogens with one attached hydrogen (secondary N) is 1. The molecule has 3 amide bonds. The van der Waals surface area contributed by atoms with Crippen molar-refractivity contribution >= 4 is 17.7 Å². The van der Waals surface area contributed by atoms with Gasteiger partial charge in [0.2, 0.25) is 5.91 Å². The van der Waals surface area contributed by atoms with Crippen LogP contribution in [0.4, 0.5) is 0 Å². The van der Waals surface area contributed by atoms with Gasteiger partial charge in [0, 0.05) is 39.6 Å². The highest BCUT2D eigenvalue weighted by Gasteiger charge is 2.26. The minimum Gasteiger partial charge on any atom is -0.344 e. The molecular weight excluding hydrogens is 270 g/mol. The van der Waals surface area contributed by atoms with Crippen molar-refractivity contribution < 1.29 is 14.4 Å². The second-order valence-electron chi connectivity index (χ2n) is 4.97. The van der Waals surface area contributed by atoms with E-state index in [-0.39, 0.29) is 5.91 Å². The predicted molar refractivity (Wildman–Crippen MR) is 77.1 cm³/mol. The average Bonchev–Trinajstić information content (AvgIpc) is 2.53. The lowest BCUT2D eigenvalue weighted by Crippen LogP contribution is -2.53. The first kappa shape index (κ1) is 15.0. The highest BCUT2D eigenvalue weighted by Crippen LogP contribution is 2.03. The average molecular weight is 289 g/mol. The Labute approximate surface area is 123 Å². The SMILES string of the molecule is CC(=O)N1CCN(C(=O)C(=O)NCc2ccccc2)CC1. The number of carbonyl (C=O) groups is 3. The van der Waals surface area contributed by atoms with Gasteiger partial charge >= 0.3 is 11.8 Å². The van der Waals surface area contributed by atoms with E-state index in [2.05, 4.69) is 5.32 Å². The molecule has 112 valence electrons. The first-order chi connectivity index (χ1) is 10.1. The van der Waals surface area contributed by atoms with Crippen LogP contribution in [0.15, 0.2) is 30.3 Å². The molecule has 1 aliphatic rings. The minimum atomic E-state index is -0.602. The summed E-state index contributed by atoms with van der Waals surface area (Å²) in [4.78, 5) is 38.2. The van der Waals surface area contributed by atoms with Crippen LogP contribution in [0.25, 0.3) is 0 Å². The van der Waals surface area contributed by atoms with Crippen molar-refractivity contribution in [2.24, 2.45) is 0 Å². The van der Waals surface area contributed by atoms with E-state index < -0.39 is 11.8 Å². The van der Waals surface area contributed by atoms with Gasteiger partial charge in [-0.15, -0.1) is 0 Å². The van der Waals surface area contributed by atoms with Gasteiger partial charge < -0.3 is 15.1 Å². The summed E-state index contributed by atoms with van der Waals surface area (Å²) in [7, 11) is 0. The fraction of sp³-hybridized carbons (Fsp3) is 0.400. The van der Waals surface area contributed by atoms with Crippen molar-refractivity contribution in [3.05, 3.63) is 35.9 Å². The highest BCUT2D eigenvalue weighted by molar-refractivity contribution is 6.35. The third-order valence-corrected chi connectivity index (χ3v) is 3.50. The Balaban J connectivity index is 1.80. The summed E-state index contributed by atoms with van der Waals surface area (Å²) in [5, 5.41) is 2.62. The lowest BCUT2D eigenvalue weighted by molar-refractivity contribution is -0.148. The van der Waals surface area contributed by atoms with Gasteiger partial charge in [0.25, 0.3) is 0 Å². The monoisotopic (exact) mass is 289 g/mol. The molecule has 21 heavy (non-hydrogen) atoms. The largest absolute Gasteiger partial charge is 0.344 e. The number of nitrogens with zero attached hydrogens (tertiary/aromatic N) is 2. The van der Waals surface area contributed by atoms with Gasteiger partial charge in [0.1, 0.15) is 0 Å². The van der Waals surface area contributed by atoms with Crippen LogP contribution in [0.1, 0.15) is 12.5 Å². The molecule has 0 aromatic heterocycles. The van der Waals surface area contributed by atoms with Crippen LogP contribution in [0.2, 0.25) is 0 Å². The second kappa shape index (κ2) is 6.88. The van der Waals surface area contributed by atoms with Crippen LogP contribution in [0.3, 0.4) is 0 Å². The van der Waals surface area contributed by atoms with Crippen LogP contribution in [0, 0.1) is 0 Å². The fourth-order valence-corrected chi connectivity index (χ4v) is 2.22. The van der Waals surface area contributed by atoms with E-state index in [9.17, 15) is 14.4 Å². The van der Waals surface area contributed by atoms with Crippen LogP contribution in [-0.4, -0.2) is 53.7 Å². The molecule has 1 aromatic rings. The number of benzene rings is 1. The van der Waals surface area contributed by atoms with E-state index in [0.717, 1.165) is 5.56 Å². The fourth-order valence-electron chi connectivity index (χ4n) is 2.22. The number of piperazine rings is 1. The maximum absolute atomic E-state index is 12.0. The molecule has 0 aliphatic carbocycles.